The van der Waals surface area contributed by atoms with Crippen LogP contribution in [0, 0.1) is 12.8 Å². The fourth-order valence-electron chi connectivity index (χ4n) is 12.8. The van der Waals surface area contributed by atoms with Gasteiger partial charge in [0.1, 0.15) is 42.3 Å². The van der Waals surface area contributed by atoms with E-state index < -0.39 is 137 Å². The number of likely N-dealkylation sites (tertiary alicyclic amines) is 3. The number of aliphatic carboxylic acids is 1. The molecule has 8 rings (SSSR count). The normalized spacial score (nSPS) is 22.7. The number of carboxylic acid groups (broad SMARTS) is 1. The lowest BCUT2D eigenvalue weighted by atomic mass is 9.84. The number of nitrogens with two attached hydrogens (primary N) is 4. The Hall–Kier alpha value is -8.26. The Morgan fingerprint density at radius 2 is 1.44 bits per heavy atom. The quantitative estimate of drug-likeness (QED) is 0.0230. The number of hydrogen-bond donors (Lipinski definition) is 12. The number of aryl methyl sites for hydroxylation is 1. The van der Waals surface area contributed by atoms with Crippen molar-refractivity contribution in [1.82, 2.24) is 45.6 Å². The molecule has 1 aliphatic carbocycles. The second-order valence-corrected chi connectivity index (χ2v) is 26.5. The van der Waals surface area contributed by atoms with E-state index in [0.717, 1.165) is 30.4 Å². The Bertz CT molecular complexity index is 3310. The van der Waals surface area contributed by atoms with Crippen molar-refractivity contribution >= 4 is 86.5 Å². The van der Waals surface area contributed by atoms with Crippen molar-refractivity contribution in [3.8, 4) is 0 Å². The minimum absolute atomic E-state index is 0.000617. The number of nitrogens with zero attached hydrogens (tertiary/aromatic N) is 6. The van der Waals surface area contributed by atoms with E-state index in [4.69, 9.17) is 22.9 Å². The molecule has 1 unspecified atom stereocenters. The van der Waals surface area contributed by atoms with Crippen LogP contribution in [0.25, 0.3) is 0 Å². The molecule has 2 aromatic carbocycles. The van der Waals surface area contributed by atoms with Gasteiger partial charge in [-0.2, -0.15) is 0 Å². The Morgan fingerprint density at radius 1 is 0.725 bits per heavy atom. The highest BCUT2D eigenvalue weighted by Crippen LogP contribution is 2.41. The molecular weight excluding hydrogens is 1220 g/mol. The summed E-state index contributed by atoms with van der Waals surface area (Å²) in [5, 5.41) is 43.9. The number of benzene rings is 2. The van der Waals surface area contributed by atoms with Crippen molar-refractivity contribution in [1.29, 1.82) is 0 Å². The fourth-order valence-corrected chi connectivity index (χ4v) is 14.5. The lowest BCUT2D eigenvalue weighted by molar-refractivity contribution is -0.153. The first-order valence-corrected chi connectivity index (χ1v) is 33.0. The molecule has 5 heterocycles. The van der Waals surface area contributed by atoms with Crippen molar-refractivity contribution in [2.45, 2.75) is 169 Å². The second kappa shape index (κ2) is 31.2. The van der Waals surface area contributed by atoms with Gasteiger partial charge in [-0.1, -0.05) is 60.9 Å². The molecule has 1 aromatic heterocycles. The lowest BCUT2D eigenvalue weighted by Crippen LogP contribution is -2.63. The predicted octanol–water partition coefficient (Wildman–Crippen LogP) is -2.23. The van der Waals surface area contributed by atoms with E-state index in [1.165, 1.54) is 43.1 Å². The summed E-state index contributed by atoms with van der Waals surface area (Å²) >= 11 is 1.28. The molecule has 3 saturated heterocycles. The van der Waals surface area contributed by atoms with Gasteiger partial charge >= 0.3 is 5.97 Å². The van der Waals surface area contributed by atoms with Crippen LogP contribution in [0.4, 0.5) is 0 Å². The number of aliphatic imine (C=N–C) groups is 2. The second-order valence-electron chi connectivity index (χ2n) is 23.8. The van der Waals surface area contributed by atoms with Gasteiger partial charge in [0.2, 0.25) is 53.2 Å². The van der Waals surface area contributed by atoms with Crippen molar-refractivity contribution in [3.05, 3.63) is 87.6 Å². The van der Waals surface area contributed by atoms with E-state index in [2.05, 4.69) is 36.0 Å². The van der Waals surface area contributed by atoms with Crippen LogP contribution in [0.15, 0.2) is 80.9 Å². The van der Waals surface area contributed by atoms with E-state index >= 15 is 4.79 Å². The summed E-state index contributed by atoms with van der Waals surface area (Å²) in [5.74, 6) is -7.60. The first-order valence-electron chi connectivity index (χ1n) is 30.7. The maximum Gasteiger partial charge on any atom is 0.326 e. The molecule has 3 aromatic rings. The first kappa shape index (κ1) is 68.6. The molecule has 29 nitrogen and oxygen atoms in total. The summed E-state index contributed by atoms with van der Waals surface area (Å²) in [7, 11) is -3.98. The summed E-state index contributed by atoms with van der Waals surface area (Å²) in [6.45, 7) is 0.168. The van der Waals surface area contributed by atoms with Gasteiger partial charge in [-0.25, -0.2) is 17.9 Å². The molecule has 0 spiro atoms. The van der Waals surface area contributed by atoms with Crippen molar-refractivity contribution in [2.75, 3.05) is 39.3 Å². The third-order valence-electron chi connectivity index (χ3n) is 17.4. The van der Waals surface area contributed by atoms with E-state index in [0.29, 0.717) is 23.3 Å². The number of fused-ring (bicyclic) bond motifs is 2. The van der Waals surface area contributed by atoms with E-state index in [1.807, 2.05) is 13.0 Å². The Kier molecular flexibility index (Phi) is 23.5. The Labute approximate surface area is 531 Å². The highest BCUT2D eigenvalue weighted by molar-refractivity contribution is 7.90. The van der Waals surface area contributed by atoms with Crippen molar-refractivity contribution < 1.29 is 66.9 Å². The number of rotatable bonds is 26. The predicted molar refractivity (Wildman–Crippen MR) is 333 cm³/mol. The first-order chi connectivity index (χ1) is 43.4. The van der Waals surface area contributed by atoms with Crippen LogP contribution in [0.1, 0.15) is 98.6 Å². The topological polar surface area (TPSA) is 450 Å². The summed E-state index contributed by atoms with van der Waals surface area (Å²) in [4.78, 5) is 141. The molecule has 494 valence electrons. The van der Waals surface area contributed by atoms with Crippen LogP contribution < -0.4 is 48.9 Å². The average Bonchev–Trinajstić information content (AvgIpc) is 1.74. The number of guanidine groups is 2. The number of hydrogen-bond acceptors (Lipinski definition) is 17. The van der Waals surface area contributed by atoms with Crippen molar-refractivity contribution in [3.63, 3.8) is 0 Å². The van der Waals surface area contributed by atoms with Gasteiger partial charge in [-0.3, -0.25) is 48.3 Å². The van der Waals surface area contributed by atoms with Gasteiger partial charge in [0.25, 0.3) is 10.0 Å². The van der Waals surface area contributed by atoms with Crippen LogP contribution in [-0.4, -0.2) is 208 Å². The standard InChI is InChI=1S/C60H83N15O14S2/c1-34-18-20-40(21-19-34)91(88,89)71-60(64)66-23-6-14-41(61)54(82)72-24-8-17-46(72)56(84)74-32-38(77)28-47(74)52(80)67-30-50(78)68-43(29-39-13-9-25-90-39)51(79)70-44(33-76)55(83)73-31-37-12-3-2-10-35(37)26-49(73)57(85)75-45-16-5-4-11-36(45)27-48(75)53(81)69-42(58(86)87)15-7-22-65-59(62)63/h2-3,9-10,12-13,18-21,25,36,38,41-49,76-77H,4-8,11,14-17,22-24,26-33,61H2,1H3,(H,67,80)(H,68,78)(H,69,81)(H,70,79)(H,86,87)(H4,62,63,65)(H3,64,66,71)/t36-,38+,41-,42-,43-,44-,45-,46-,47-,48-,49?/m0/s1. The molecule has 0 bridgehead atoms. The van der Waals surface area contributed by atoms with Gasteiger partial charge in [0.15, 0.2) is 5.96 Å². The average molecular weight is 1300 g/mol. The number of carbonyl (C=O) groups is 9. The summed E-state index contributed by atoms with van der Waals surface area (Å²) in [5.41, 5.74) is 25.4. The molecule has 0 radical (unpaired) electrons. The number of thiophene rings is 1. The minimum Gasteiger partial charge on any atom is -0.480 e. The molecule has 11 atom stereocenters. The van der Waals surface area contributed by atoms with E-state index in [-0.39, 0.29) is 113 Å². The number of nitrogens with one attached hydrogen (secondary N) is 5. The number of carbonyl (C=O) groups excluding carboxylic acids is 8. The van der Waals surface area contributed by atoms with Gasteiger partial charge in [-0.15, -0.1) is 11.3 Å². The fraction of sp³-hybridized carbons (Fsp3) is 0.550. The maximum absolute atomic E-state index is 15.3. The maximum atomic E-state index is 15.3. The van der Waals surface area contributed by atoms with Gasteiger partial charge in [0, 0.05) is 62.9 Å². The SMILES string of the molecule is Cc1ccc(S(=O)(=O)NC(N)=NCCC[C@H](N)C(=O)N2CCC[C@H]2C(=O)N2C[C@H](O)C[C@H]2C(=O)NCC(=O)N[C@@H](Cc2cccs2)C(=O)N[C@@H](CO)C(=O)N2Cc3ccccc3CC2C(=O)N2[C@H](C(=O)N[C@@H](CCCN=C(N)N)C(=O)O)C[C@@H]3CCCC[C@@H]32)cc1. The third kappa shape index (κ3) is 17.4. The molecule has 31 heteroatoms. The summed E-state index contributed by atoms with van der Waals surface area (Å²) in [6, 6.07) is 6.37. The van der Waals surface area contributed by atoms with Crippen LogP contribution in [0.3, 0.4) is 0 Å². The highest BCUT2D eigenvalue weighted by atomic mass is 32.2. The van der Waals surface area contributed by atoms with E-state index in [9.17, 15) is 62.1 Å². The van der Waals surface area contributed by atoms with Crippen molar-refractivity contribution in [2.24, 2.45) is 38.8 Å². The molecular formula is C60H83N15O14S2. The number of aliphatic hydroxyl groups is 2. The molecule has 1 saturated carbocycles. The number of aliphatic hydroxyl groups excluding tert-OH is 2. The third-order valence-corrected chi connectivity index (χ3v) is 19.7. The lowest BCUT2D eigenvalue weighted by Gasteiger charge is -2.42. The van der Waals surface area contributed by atoms with Crippen LogP contribution in [0.2, 0.25) is 0 Å². The molecule has 4 fully saturated rings. The zero-order valence-electron chi connectivity index (χ0n) is 50.7. The number of β-amino-alcohol motifs (C(OH)–C–C–N with tert-alkyl or cyclic N) is 1. The zero-order chi connectivity index (χ0) is 65.7. The van der Waals surface area contributed by atoms with Gasteiger partial charge in [-0.05, 0) is 105 Å². The smallest absolute Gasteiger partial charge is 0.326 e. The van der Waals surface area contributed by atoms with Crippen LogP contribution >= 0.6 is 11.3 Å². The molecule has 8 amide bonds. The zero-order valence-corrected chi connectivity index (χ0v) is 52.3. The van der Waals surface area contributed by atoms with Crippen LogP contribution in [0.5, 0.6) is 0 Å². The monoisotopic (exact) mass is 1300 g/mol. The molecule has 91 heavy (non-hydrogen) atoms. The highest BCUT2D eigenvalue weighted by Gasteiger charge is 2.52. The molecule has 16 N–H and O–H groups in total. The molecule has 4 aliphatic heterocycles. The number of sulfonamides is 1. The Balaban J connectivity index is 0.892. The summed E-state index contributed by atoms with van der Waals surface area (Å²) < 4.78 is 27.6. The van der Waals surface area contributed by atoms with Crippen LogP contribution in [-0.2, 0) is 72.6 Å². The Morgan fingerprint density at radius 3 is 2.14 bits per heavy atom. The summed E-state index contributed by atoms with van der Waals surface area (Å²) in [6.07, 6.45) is 3.08. The largest absolute Gasteiger partial charge is 0.480 e. The molecule has 5 aliphatic rings. The minimum atomic E-state index is -3.98. The number of amides is 8. The van der Waals surface area contributed by atoms with Gasteiger partial charge < -0.3 is 79.1 Å². The van der Waals surface area contributed by atoms with Gasteiger partial charge in [0.05, 0.1) is 30.2 Å². The number of carboxylic acids is 1. The van der Waals surface area contributed by atoms with E-state index in [1.54, 1.807) is 47.8 Å².